The van der Waals surface area contributed by atoms with Gasteiger partial charge in [-0.1, -0.05) is 38.7 Å². The average Bonchev–Trinajstić information content (AvgIpc) is 2.90. The van der Waals surface area contributed by atoms with E-state index in [2.05, 4.69) is 30.7 Å². The SMILES string of the molecule is COc1cccc(S(=O)(=O)N(C)C[C@H]2Oc3ncc(C#CCC(C)C)cc3C(=O)N([C@H](C)CO)C[C@H]2C)c1. The number of aliphatic hydroxyl groups is 1. The van der Waals surface area contributed by atoms with E-state index in [1.807, 2.05) is 6.92 Å². The Morgan fingerprint density at radius 1 is 1.29 bits per heavy atom. The number of carbonyl (C=O) groups excluding carboxylic acids is 1. The van der Waals surface area contributed by atoms with Gasteiger partial charge < -0.3 is 19.5 Å². The van der Waals surface area contributed by atoms with Gasteiger partial charge in [0.2, 0.25) is 15.9 Å². The normalized spacial score (nSPS) is 18.7. The fourth-order valence-corrected chi connectivity index (χ4v) is 5.26. The number of likely N-dealkylation sites (N-methyl/N-ethyl adjacent to an activating group) is 1. The molecule has 0 radical (unpaired) electrons. The maximum absolute atomic E-state index is 13.5. The van der Waals surface area contributed by atoms with Crippen LogP contribution in [0.2, 0.25) is 0 Å². The lowest BCUT2D eigenvalue weighted by Crippen LogP contribution is -2.50. The number of methoxy groups -OCH3 is 1. The second-order valence-electron chi connectivity index (χ2n) is 10.1. The molecule has 0 aliphatic carbocycles. The molecule has 2 heterocycles. The summed E-state index contributed by atoms with van der Waals surface area (Å²) >= 11 is 0. The summed E-state index contributed by atoms with van der Waals surface area (Å²) in [5, 5.41) is 9.85. The van der Waals surface area contributed by atoms with E-state index in [9.17, 15) is 18.3 Å². The van der Waals surface area contributed by atoms with E-state index in [0.29, 0.717) is 23.7 Å². The molecule has 0 bridgehead atoms. The van der Waals surface area contributed by atoms with Crippen LogP contribution in [0.4, 0.5) is 0 Å². The van der Waals surface area contributed by atoms with Gasteiger partial charge in [0.15, 0.2) is 0 Å². The van der Waals surface area contributed by atoms with E-state index in [4.69, 9.17) is 9.47 Å². The minimum Gasteiger partial charge on any atom is -0.497 e. The highest BCUT2D eigenvalue weighted by atomic mass is 32.2. The number of carbonyl (C=O) groups is 1. The smallest absolute Gasteiger partial charge is 0.259 e. The van der Waals surface area contributed by atoms with Gasteiger partial charge in [0.1, 0.15) is 17.4 Å². The Morgan fingerprint density at radius 2 is 2.03 bits per heavy atom. The van der Waals surface area contributed by atoms with E-state index in [0.717, 1.165) is 0 Å². The number of sulfonamides is 1. The maximum Gasteiger partial charge on any atom is 0.259 e. The third-order valence-electron chi connectivity index (χ3n) is 6.45. The van der Waals surface area contributed by atoms with Crippen LogP contribution < -0.4 is 9.47 Å². The molecule has 1 N–H and O–H groups in total. The van der Waals surface area contributed by atoms with E-state index in [1.54, 1.807) is 36.2 Å². The summed E-state index contributed by atoms with van der Waals surface area (Å²) in [7, 11) is -0.879. The van der Waals surface area contributed by atoms with Crippen LogP contribution in [0.1, 0.15) is 50.0 Å². The number of rotatable bonds is 8. The molecule has 1 aromatic carbocycles. The molecule has 38 heavy (non-hydrogen) atoms. The van der Waals surface area contributed by atoms with Crippen LogP contribution in [-0.4, -0.2) is 79.6 Å². The van der Waals surface area contributed by atoms with Crippen LogP contribution in [0.5, 0.6) is 11.6 Å². The minimum absolute atomic E-state index is 0.0211. The van der Waals surface area contributed by atoms with Crippen molar-refractivity contribution < 1.29 is 27.8 Å². The Hall–Kier alpha value is -3.13. The highest BCUT2D eigenvalue weighted by Gasteiger charge is 2.36. The third-order valence-corrected chi connectivity index (χ3v) is 8.27. The van der Waals surface area contributed by atoms with E-state index >= 15 is 0 Å². The first-order chi connectivity index (χ1) is 18.0. The molecule has 0 saturated carbocycles. The number of ether oxygens (including phenoxy) is 2. The Kier molecular flexibility index (Phi) is 9.77. The van der Waals surface area contributed by atoms with Crippen LogP contribution in [0.25, 0.3) is 0 Å². The monoisotopic (exact) mass is 543 g/mol. The fourth-order valence-electron chi connectivity index (χ4n) is 4.04. The van der Waals surface area contributed by atoms with Crippen molar-refractivity contribution in [1.29, 1.82) is 0 Å². The Morgan fingerprint density at radius 3 is 2.68 bits per heavy atom. The lowest BCUT2D eigenvalue weighted by Gasteiger charge is -2.37. The van der Waals surface area contributed by atoms with Crippen molar-refractivity contribution in [3.8, 4) is 23.5 Å². The second kappa shape index (κ2) is 12.6. The van der Waals surface area contributed by atoms with Crippen LogP contribution in [0.3, 0.4) is 0 Å². The highest BCUT2D eigenvalue weighted by molar-refractivity contribution is 7.89. The highest BCUT2D eigenvalue weighted by Crippen LogP contribution is 2.28. The van der Waals surface area contributed by atoms with E-state index in [-0.39, 0.29) is 47.9 Å². The molecule has 0 saturated heterocycles. The Bertz CT molecular complexity index is 1300. The van der Waals surface area contributed by atoms with Crippen molar-refractivity contribution >= 4 is 15.9 Å². The fraction of sp³-hybridized carbons (Fsp3) is 0.500. The molecule has 9 nitrogen and oxygen atoms in total. The number of aliphatic hydroxyl groups excluding tert-OH is 1. The molecule has 3 rings (SSSR count). The maximum atomic E-state index is 13.5. The van der Waals surface area contributed by atoms with Gasteiger partial charge in [0.05, 0.1) is 31.2 Å². The van der Waals surface area contributed by atoms with Crippen molar-refractivity contribution in [3.63, 3.8) is 0 Å². The number of nitrogens with zero attached hydrogens (tertiary/aromatic N) is 3. The predicted octanol–water partition coefficient (Wildman–Crippen LogP) is 3.03. The molecule has 2 aromatic rings. The first-order valence-electron chi connectivity index (χ1n) is 12.7. The average molecular weight is 544 g/mol. The second-order valence-corrected chi connectivity index (χ2v) is 12.1. The molecular weight excluding hydrogens is 506 g/mol. The molecule has 1 amide bonds. The summed E-state index contributed by atoms with van der Waals surface area (Å²) in [5.74, 6) is 6.54. The first kappa shape index (κ1) is 29.4. The van der Waals surface area contributed by atoms with Crippen molar-refractivity contribution in [3.05, 3.63) is 47.7 Å². The molecule has 0 fully saturated rings. The van der Waals surface area contributed by atoms with Gasteiger partial charge in [-0.3, -0.25) is 4.79 Å². The molecule has 0 spiro atoms. The summed E-state index contributed by atoms with van der Waals surface area (Å²) in [6, 6.07) is 7.48. The van der Waals surface area contributed by atoms with Gasteiger partial charge in [0, 0.05) is 43.8 Å². The lowest BCUT2D eigenvalue weighted by atomic mass is 10.00. The number of pyridine rings is 1. The van der Waals surface area contributed by atoms with Gasteiger partial charge in [0.25, 0.3) is 5.91 Å². The topological polar surface area (TPSA) is 109 Å². The van der Waals surface area contributed by atoms with Crippen LogP contribution >= 0.6 is 0 Å². The van der Waals surface area contributed by atoms with Crippen molar-refractivity contribution in [2.45, 2.75) is 51.2 Å². The van der Waals surface area contributed by atoms with Crippen molar-refractivity contribution in [1.82, 2.24) is 14.2 Å². The number of hydrogen-bond donors (Lipinski definition) is 1. The zero-order valence-corrected chi connectivity index (χ0v) is 23.7. The number of benzene rings is 1. The molecule has 1 aromatic heterocycles. The molecule has 206 valence electrons. The quantitative estimate of drug-likeness (QED) is 0.510. The molecule has 1 aliphatic heterocycles. The van der Waals surface area contributed by atoms with Crippen LogP contribution in [0, 0.1) is 23.7 Å². The molecule has 3 atom stereocenters. The van der Waals surface area contributed by atoms with E-state index in [1.165, 1.54) is 30.6 Å². The number of fused-ring (bicyclic) bond motifs is 1. The number of aromatic nitrogens is 1. The van der Waals surface area contributed by atoms with Crippen LogP contribution in [0.15, 0.2) is 41.4 Å². The summed E-state index contributed by atoms with van der Waals surface area (Å²) in [6.07, 6.45) is 1.65. The lowest BCUT2D eigenvalue weighted by molar-refractivity contribution is 0.0373. The summed E-state index contributed by atoms with van der Waals surface area (Å²) in [6.45, 7) is 7.87. The van der Waals surface area contributed by atoms with Crippen molar-refractivity contribution in [2.75, 3.05) is 33.9 Å². The summed E-state index contributed by atoms with van der Waals surface area (Å²) < 4.78 is 39.3. The summed E-state index contributed by atoms with van der Waals surface area (Å²) in [4.78, 5) is 19.6. The van der Waals surface area contributed by atoms with Gasteiger partial charge >= 0.3 is 0 Å². The summed E-state index contributed by atoms with van der Waals surface area (Å²) in [5.41, 5.74) is 0.817. The molecule has 10 heteroatoms. The third kappa shape index (κ3) is 6.84. The Balaban J connectivity index is 1.97. The standard InChI is InChI=1S/C28H37N3O6S/c1-19(2)9-7-10-22-13-25-27(29-15-22)37-26(20(3)16-31(28(25)33)21(4)18-32)17-30(5)38(34,35)24-12-8-11-23(14-24)36-6/h8,11-15,19-21,26,32H,9,16-18H2,1-6H3/t20-,21-,26-/m1/s1. The number of hydrogen-bond acceptors (Lipinski definition) is 7. The molecular formula is C28H37N3O6S. The first-order valence-corrected chi connectivity index (χ1v) is 14.1. The van der Waals surface area contributed by atoms with Crippen LogP contribution in [-0.2, 0) is 10.0 Å². The van der Waals surface area contributed by atoms with Crippen molar-refractivity contribution in [2.24, 2.45) is 11.8 Å². The molecule has 0 unspecified atom stereocenters. The Labute approximate surface area is 225 Å². The minimum atomic E-state index is -3.85. The van der Waals surface area contributed by atoms with E-state index < -0.39 is 22.2 Å². The predicted molar refractivity (Wildman–Crippen MR) is 145 cm³/mol. The zero-order valence-electron chi connectivity index (χ0n) is 22.8. The largest absolute Gasteiger partial charge is 0.497 e. The molecule has 1 aliphatic rings. The van der Waals surface area contributed by atoms with Gasteiger partial charge in [-0.05, 0) is 31.0 Å². The number of amides is 1. The van der Waals surface area contributed by atoms with Gasteiger partial charge in [-0.15, -0.1) is 0 Å². The zero-order chi connectivity index (χ0) is 28.0. The van der Waals surface area contributed by atoms with Gasteiger partial charge in [-0.25, -0.2) is 13.4 Å². The van der Waals surface area contributed by atoms with Gasteiger partial charge in [-0.2, -0.15) is 4.31 Å².